The fraction of sp³-hybridized carbons (Fsp3) is 0.542. The van der Waals surface area contributed by atoms with Crippen molar-refractivity contribution in [1.82, 2.24) is 19.5 Å². The van der Waals surface area contributed by atoms with Crippen molar-refractivity contribution in [2.45, 2.75) is 44.3 Å². The van der Waals surface area contributed by atoms with Gasteiger partial charge in [-0.25, -0.2) is 12.9 Å². The summed E-state index contributed by atoms with van der Waals surface area (Å²) in [6, 6.07) is 8.04. The maximum absolute atomic E-state index is 12.9. The summed E-state index contributed by atoms with van der Waals surface area (Å²) in [7, 11) is -2.94. The van der Waals surface area contributed by atoms with Gasteiger partial charge in [0, 0.05) is 24.5 Å². The monoisotopic (exact) mass is 553 g/mol. The lowest BCUT2D eigenvalue weighted by Gasteiger charge is -2.26. The number of carbonyl (C=O) groups excluding carboxylic acids is 1. The van der Waals surface area contributed by atoms with Crippen LogP contribution in [0.1, 0.15) is 42.0 Å². The van der Waals surface area contributed by atoms with E-state index in [1.165, 1.54) is 0 Å². The van der Waals surface area contributed by atoms with E-state index >= 15 is 0 Å². The molecule has 1 N–H and O–H groups in total. The molecule has 8 nitrogen and oxygen atoms in total. The van der Waals surface area contributed by atoms with Gasteiger partial charge in [-0.15, -0.1) is 16.4 Å². The number of amides is 1. The first-order valence-corrected chi connectivity index (χ1v) is 15.0. The molecule has 3 aliphatic rings. The SMILES string of the molecule is O=C(Nc1nc2cc(C3CCC3)cc(-c3ccc(CN4CCS(=O)(=O)CC4)s3)n2n1)[C@@H]1C[C@H]1C(F)(F)F. The van der Waals surface area contributed by atoms with Crippen molar-refractivity contribution in [2.75, 3.05) is 29.9 Å². The summed E-state index contributed by atoms with van der Waals surface area (Å²) in [6.45, 7) is 1.69. The number of carbonyl (C=O) groups is 1. The van der Waals surface area contributed by atoms with Crippen LogP contribution in [0, 0.1) is 11.8 Å². The van der Waals surface area contributed by atoms with Crippen LogP contribution < -0.4 is 5.32 Å². The molecule has 1 saturated heterocycles. The first kappa shape index (κ1) is 24.8. The Morgan fingerprint density at radius 2 is 1.92 bits per heavy atom. The summed E-state index contributed by atoms with van der Waals surface area (Å²) >= 11 is 1.59. The number of alkyl halides is 3. The van der Waals surface area contributed by atoms with Gasteiger partial charge in [-0.3, -0.25) is 15.0 Å². The van der Waals surface area contributed by atoms with Crippen LogP contribution in [-0.4, -0.2) is 64.6 Å². The smallest absolute Gasteiger partial charge is 0.296 e. The molecule has 0 unspecified atom stereocenters. The third kappa shape index (κ3) is 5.13. The minimum atomic E-state index is -4.38. The molecule has 198 valence electrons. The standard InChI is InChI=1S/C24H26F3N5O3S2/c25-24(26,27)18-12-17(18)22(33)29-23-28-21-11-15(14-2-1-3-14)10-19(32(21)30-23)20-5-4-16(36-20)13-31-6-8-37(34,35)9-7-31/h4-5,10-11,14,17-18H,1-3,6-9,12-13H2,(H,29,30,33)/t17-,18-/m1/s1. The Morgan fingerprint density at radius 1 is 1.16 bits per heavy atom. The topological polar surface area (TPSA) is 96.7 Å². The van der Waals surface area contributed by atoms with Crippen LogP contribution >= 0.6 is 11.3 Å². The van der Waals surface area contributed by atoms with Gasteiger partial charge in [0.1, 0.15) is 0 Å². The molecule has 0 spiro atoms. The molecule has 2 aliphatic carbocycles. The number of anilines is 1. The second kappa shape index (κ2) is 9.05. The van der Waals surface area contributed by atoms with Crippen LogP contribution in [0.4, 0.5) is 19.1 Å². The molecule has 0 radical (unpaired) electrons. The van der Waals surface area contributed by atoms with E-state index < -0.39 is 33.8 Å². The predicted molar refractivity (Wildman–Crippen MR) is 133 cm³/mol. The number of fused-ring (bicyclic) bond motifs is 1. The Morgan fingerprint density at radius 3 is 2.57 bits per heavy atom. The molecule has 1 amide bonds. The Kier molecular flexibility index (Phi) is 6.07. The maximum atomic E-state index is 12.9. The van der Waals surface area contributed by atoms with E-state index in [1.54, 1.807) is 15.9 Å². The van der Waals surface area contributed by atoms with Gasteiger partial charge in [-0.05, 0) is 55.0 Å². The summed E-state index contributed by atoms with van der Waals surface area (Å²) in [4.78, 5) is 21.0. The van der Waals surface area contributed by atoms with Gasteiger partial charge in [0.25, 0.3) is 0 Å². The van der Waals surface area contributed by atoms with Crippen molar-refractivity contribution < 1.29 is 26.4 Å². The zero-order chi connectivity index (χ0) is 25.9. The largest absolute Gasteiger partial charge is 0.392 e. The third-order valence-corrected chi connectivity index (χ3v) is 10.3. The highest BCUT2D eigenvalue weighted by Gasteiger charge is 2.59. The number of hydrogen-bond acceptors (Lipinski definition) is 7. The molecular weight excluding hydrogens is 527 g/mol. The fourth-order valence-electron chi connectivity index (χ4n) is 4.99. The average Bonchev–Trinajstić information content (AvgIpc) is 3.33. The van der Waals surface area contributed by atoms with Gasteiger partial charge in [-0.1, -0.05) is 6.42 Å². The summed E-state index contributed by atoms with van der Waals surface area (Å²) in [5.41, 5.74) is 2.48. The Hall–Kier alpha value is -2.51. The first-order valence-electron chi connectivity index (χ1n) is 12.4. The number of hydrogen-bond donors (Lipinski definition) is 1. The Balaban J connectivity index is 1.26. The zero-order valence-electron chi connectivity index (χ0n) is 19.9. The van der Waals surface area contributed by atoms with Gasteiger partial charge in [0.05, 0.1) is 33.9 Å². The summed E-state index contributed by atoms with van der Waals surface area (Å²) in [5.74, 6) is -2.64. The van der Waals surface area contributed by atoms with E-state index in [1.807, 2.05) is 18.2 Å². The molecule has 0 bridgehead atoms. The Labute approximate surface area is 215 Å². The minimum Gasteiger partial charge on any atom is -0.296 e. The molecule has 3 aromatic heterocycles. The molecule has 2 saturated carbocycles. The lowest BCUT2D eigenvalue weighted by atomic mass is 9.80. The lowest BCUT2D eigenvalue weighted by Crippen LogP contribution is -2.39. The molecule has 4 heterocycles. The number of pyridine rings is 1. The molecule has 37 heavy (non-hydrogen) atoms. The van der Waals surface area contributed by atoms with Crippen LogP contribution in [0.5, 0.6) is 0 Å². The van der Waals surface area contributed by atoms with Crippen molar-refractivity contribution in [2.24, 2.45) is 11.8 Å². The number of rotatable bonds is 6. The van der Waals surface area contributed by atoms with Crippen LogP contribution in [0.25, 0.3) is 16.2 Å². The number of aromatic nitrogens is 3. The van der Waals surface area contributed by atoms with E-state index in [2.05, 4.69) is 26.4 Å². The summed E-state index contributed by atoms with van der Waals surface area (Å²) < 4.78 is 63.8. The van der Waals surface area contributed by atoms with E-state index in [-0.39, 0.29) is 23.9 Å². The number of thiophene rings is 1. The number of halogens is 3. The second-order valence-electron chi connectivity index (χ2n) is 10.2. The number of sulfone groups is 1. The van der Waals surface area contributed by atoms with Crippen molar-refractivity contribution in [3.63, 3.8) is 0 Å². The van der Waals surface area contributed by atoms with E-state index in [4.69, 9.17) is 0 Å². The normalized spacial score (nSPS) is 24.2. The van der Waals surface area contributed by atoms with Gasteiger partial charge in [0.2, 0.25) is 11.9 Å². The van der Waals surface area contributed by atoms with Gasteiger partial charge in [0.15, 0.2) is 15.5 Å². The molecule has 3 aromatic rings. The maximum Gasteiger partial charge on any atom is 0.392 e. The highest BCUT2D eigenvalue weighted by atomic mass is 32.2. The van der Waals surface area contributed by atoms with Crippen molar-refractivity contribution >= 4 is 38.7 Å². The van der Waals surface area contributed by atoms with Crippen LogP contribution in [0.2, 0.25) is 0 Å². The predicted octanol–water partition coefficient (Wildman–Crippen LogP) is 4.09. The van der Waals surface area contributed by atoms with Gasteiger partial charge >= 0.3 is 6.18 Å². The molecule has 2 atom stereocenters. The van der Waals surface area contributed by atoms with Gasteiger partial charge in [-0.2, -0.15) is 18.2 Å². The third-order valence-electron chi connectivity index (χ3n) is 7.55. The van der Waals surface area contributed by atoms with E-state index in [0.29, 0.717) is 31.2 Å². The lowest BCUT2D eigenvalue weighted by molar-refractivity contribution is -0.153. The molecule has 3 fully saturated rings. The van der Waals surface area contributed by atoms with Crippen molar-refractivity contribution in [3.05, 3.63) is 34.7 Å². The molecule has 6 rings (SSSR count). The average molecular weight is 554 g/mol. The number of nitrogens with one attached hydrogen (secondary N) is 1. The first-order chi connectivity index (χ1) is 17.6. The van der Waals surface area contributed by atoms with Crippen molar-refractivity contribution in [1.29, 1.82) is 0 Å². The highest BCUT2D eigenvalue weighted by Crippen LogP contribution is 2.50. The van der Waals surface area contributed by atoms with Crippen molar-refractivity contribution in [3.8, 4) is 10.6 Å². The zero-order valence-corrected chi connectivity index (χ0v) is 21.5. The number of nitrogens with zero attached hydrogens (tertiary/aromatic N) is 4. The van der Waals surface area contributed by atoms with Crippen LogP contribution in [0.3, 0.4) is 0 Å². The fourth-order valence-corrected chi connectivity index (χ4v) is 7.32. The quantitative estimate of drug-likeness (QED) is 0.494. The molecular formula is C24H26F3N5O3S2. The van der Waals surface area contributed by atoms with E-state index in [9.17, 15) is 26.4 Å². The summed E-state index contributed by atoms with van der Waals surface area (Å²) in [6.07, 6.45) is -1.25. The summed E-state index contributed by atoms with van der Waals surface area (Å²) in [5, 5.41) is 6.92. The van der Waals surface area contributed by atoms with Crippen LogP contribution in [-0.2, 0) is 21.2 Å². The molecule has 0 aromatic carbocycles. The molecule has 13 heteroatoms. The highest BCUT2D eigenvalue weighted by molar-refractivity contribution is 7.91. The van der Waals surface area contributed by atoms with Crippen LogP contribution in [0.15, 0.2) is 24.3 Å². The molecule has 1 aliphatic heterocycles. The second-order valence-corrected chi connectivity index (χ2v) is 13.7. The van der Waals surface area contributed by atoms with E-state index in [0.717, 1.165) is 40.3 Å². The van der Waals surface area contributed by atoms with Gasteiger partial charge < -0.3 is 0 Å². The minimum absolute atomic E-state index is 0.00357. The Bertz CT molecular complexity index is 1450.